The molecule has 3 rings (SSSR count). The summed E-state index contributed by atoms with van der Waals surface area (Å²) in [6.45, 7) is 5.04. The van der Waals surface area contributed by atoms with E-state index in [1.165, 1.54) is 0 Å². The second kappa shape index (κ2) is 8.40. The van der Waals surface area contributed by atoms with Crippen molar-refractivity contribution in [3.05, 3.63) is 18.2 Å². The van der Waals surface area contributed by atoms with Crippen LogP contribution in [-0.4, -0.2) is 75.5 Å². The zero-order chi connectivity index (χ0) is 17.6. The van der Waals surface area contributed by atoms with Crippen molar-refractivity contribution in [3.8, 4) is 11.5 Å². The van der Waals surface area contributed by atoms with Crippen LogP contribution in [0.3, 0.4) is 0 Å². The van der Waals surface area contributed by atoms with Crippen LogP contribution >= 0.6 is 0 Å². The number of amides is 2. The van der Waals surface area contributed by atoms with E-state index in [1.807, 2.05) is 4.90 Å². The number of benzene rings is 1. The van der Waals surface area contributed by atoms with E-state index in [-0.39, 0.29) is 6.03 Å². The van der Waals surface area contributed by atoms with Gasteiger partial charge in [0, 0.05) is 45.4 Å². The quantitative estimate of drug-likeness (QED) is 0.881. The van der Waals surface area contributed by atoms with Gasteiger partial charge in [-0.1, -0.05) is 0 Å². The Morgan fingerprint density at radius 2 is 2.04 bits per heavy atom. The number of ether oxygens (including phenoxy) is 3. The lowest BCUT2D eigenvalue weighted by Crippen LogP contribution is -2.51. The summed E-state index contributed by atoms with van der Waals surface area (Å²) >= 11 is 0. The van der Waals surface area contributed by atoms with E-state index < -0.39 is 0 Å². The molecule has 1 aromatic carbocycles. The first-order valence-electron chi connectivity index (χ1n) is 8.81. The molecule has 1 aromatic rings. The van der Waals surface area contributed by atoms with Gasteiger partial charge >= 0.3 is 6.03 Å². The summed E-state index contributed by atoms with van der Waals surface area (Å²) in [6.07, 6.45) is 2.67. The van der Waals surface area contributed by atoms with Crippen LogP contribution in [0.5, 0.6) is 11.5 Å². The van der Waals surface area contributed by atoms with E-state index in [4.69, 9.17) is 14.2 Å². The van der Waals surface area contributed by atoms with Crippen molar-refractivity contribution in [1.82, 2.24) is 9.80 Å². The summed E-state index contributed by atoms with van der Waals surface area (Å²) in [5.74, 6) is 1.30. The maximum atomic E-state index is 12.6. The van der Waals surface area contributed by atoms with Gasteiger partial charge in [-0.05, 0) is 25.0 Å². The number of rotatable bonds is 5. The predicted octanol–water partition coefficient (Wildman–Crippen LogP) is 2.03. The molecule has 2 amide bonds. The minimum atomic E-state index is -0.108. The number of anilines is 1. The average molecular weight is 349 g/mol. The molecule has 0 radical (unpaired) electrons. The fourth-order valence-electron chi connectivity index (χ4n) is 3.32. The highest BCUT2D eigenvalue weighted by molar-refractivity contribution is 5.91. The van der Waals surface area contributed by atoms with Crippen molar-refractivity contribution < 1.29 is 19.0 Å². The second-order valence-electron chi connectivity index (χ2n) is 6.42. The first kappa shape index (κ1) is 17.8. The van der Waals surface area contributed by atoms with Crippen LogP contribution in [0.15, 0.2) is 18.2 Å². The number of nitrogens with one attached hydrogen (secondary N) is 1. The molecule has 138 valence electrons. The third kappa shape index (κ3) is 4.55. The Balaban J connectivity index is 1.52. The summed E-state index contributed by atoms with van der Waals surface area (Å²) < 4.78 is 16.2. The zero-order valence-corrected chi connectivity index (χ0v) is 15.0. The molecular formula is C18H27N3O4. The van der Waals surface area contributed by atoms with Gasteiger partial charge in [0.15, 0.2) is 0 Å². The predicted molar refractivity (Wildman–Crippen MR) is 95.6 cm³/mol. The van der Waals surface area contributed by atoms with Gasteiger partial charge in [-0.3, -0.25) is 4.90 Å². The highest BCUT2D eigenvalue weighted by Gasteiger charge is 2.25. The largest absolute Gasteiger partial charge is 0.497 e. The molecule has 2 aliphatic rings. The summed E-state index contributed by atoms with van der Waals surface area (Å²) in [7, 11) is 3.18. The van der Waals surface area contributed by atoms with E-state index in [0.29, 0.717) is 36.4 Å². The van der Waals surface area contributed by atoms with Gasteiger partial charge < -0.3 is 24.4 Å². The molecule has 0 saturated carbocycles. The molecule has 25 heavy (non-hydrogen) atoms. The smallest absolute Gasteiger partial charge is 0.322 e. The highest BCUT2D eigenvalue weighted by Crippen LogP contribution is 2.29. The highest BCUT2D eigenvalue weighted by atomic mass is 16.5. The van der Waals surface area contributed by atoms with E-state index >= 15 is 0 Å². The zero-order valence-electron chi connectivity index (χ0n) is 15.0. The molecule has 0 aliphatic carbocycles. The number of piperazine rings is 1. The fourth-order valence-corrected chi connectivity index (χ4v) is 3.32. The van der Waals surface area contributed by atoms with Crippen LogP contribution in [0.1, 0.15) is 12.8 Å². The minimum absolute atomic E-state index is 0.108. The summed E-state index contributed by atoms with van der Waals surface area (Å²) in [5, 5.41) is 2.93. The number of urea groups is 1. The summed E-state index contributed by atoms with van der Waals surface area (Å²) in [6, 6.07) is 5.25. The molecule has 1 atom stereocenters. The van der Waals surface area contributed by atoms with E-state index in [9.17, 15) is 4.79 Å². The molecule has 0 bridgehead atoms. The maximum absolute atomic E-state index is 12.6. The van der Waals surface area contributed by atoms with Crippen LogP contribution < -0.4 is 14.8 Å². The molecular weight excluding hydrogens is 322 g/mol. The average Bonchev–Trinajstić information content (AvgIpc) is 3.15. The Morgan fingerprint density at radius 1 is 1.24 bits per heavy atom. The van der Waals surface area contributed by atoms with Gasteiger partial charge in [-0.15, -0.1) is 0 Å². The van der Waals surface area contributed by atoms with Gasteiger partial charge in [-0.25, -0.2) is 4.79 Å². The molecule has 7 heteroatoms. The standard InChI is InChI=1S/C18H27N3O4/c1-23-14-5-6-17(24-2)16(12-14)19-18(22)21-9-7-20(8-10-21)13-15-4-3-11-25-15/h5-6,12,15H,3-4,7-11,13H2,1-2H3,(H,19,22). The lowest BCUT2D eigenvalue weighted by Gasteiger charge is -2.35. The molecule has 0 aromatic heterocycles. The lowest BCUT2D eigenvalue weighted by atomic mass is 10.2. The van der Waals surface area contributed by atoms with Crippen molar-refractivity contribution in [1.29, 1.82) is 0 Å². The Labute approximate surface area is 148 Å². The van der Waals surface area contributed by atoms with Crippen molar-refractivity contribution in [2.75, 3.05) is 58.9 Å². The number of nitrogens with zero attached hydrogens (tertiary/aromatic N) is 2. The normalized spacial score (nSPS) is 21.2. The molecule has 7 nitrogen and oxygen atoms in total. The van der Waals surface area contributed by atoms with Gasteiger partial charge in [0.25, 0.3) is 0 Å². The van der Waals surface area contributed by atoms with Gasteiger partial charge in [-0.2, -0.15) is 0 Å². The topological polar surface area (TPSA) is 63.3 Å². The maximum Gasteiger partial charge on any atom is 0.322 e. The molecule has 2 saturated heterocycles. The van der Waals surface area contributed by atoms with Crippen LogP contribution in [0.4, 0.5) is 10.5 Å². The summed E-state index contributed by atoms with van der Waals surface area (Å²) in [4.78, 5) is 16.8. The molecule has 1 unspecified atom stereocenters. The van der Waals surface area contributed by atoms with Crippen LogP contribution in [0, 0.1) is 0 Å². The van der Waals surface area contributed by atoms with Crippen molar-refractivity contribution in [2.24, 2.45) is 0 Å². The molecule has 1 N–H and O–H groups in total. The van der Waals surface area contributed by atoms with E-state index in [1.54, 1.807) is 32.4 Å². The van der Waals surface area contributed by atoms with Crippen LogP contribution in [0.2, 0.25) is 0 Å². The first-order valence-corrected chi connectivity index (χ1v) is 8.81. The molecule has 2 aliphatic heterocycles. The Bertz CT molecular complexity index is 582. The third-order valence-corrected chi connectivity index (χ3v) is 4.79. The minimum Gasteiger partial charge on any atom is -0.497 e. The number of hydrogen-bond acceptors (Lipinski definition) is 5. The fraction of sp³-hybridized carbons (Fsp3) is 0.611. The molecule has 2 heterocycles. The Morgan fingerprint density at radius 3 is 2.68 bits per heavy atom. The van der Waals surface area contributed by atoms with Gasteiger partial charge in [0.2, 0.25) is 0 Å². The number of methoxy groups -OCH3 is 2. The van der Waals surface area contributed by atoms with E-state index in [0.717, 1.165) is 39.1 Å². The Hall–Kier alpha value is -1.99. The molecule has 2 fully saturated rings. The summed E-state index contributed by atoms with van der Waals surface area (Å²) in [5.41, 5.74) is 0.619. The number of carbonyl (C=O) groups is 1. The van der Waals surface area contributed by atoms with Crippen molar-refractivity contribution in [2.45, 2.75) is 18.9 Å². The molecule has 0 spiro atoms. The lowest BCUT2D eigenvalue weighted by molar-refractivity contribution is 0.0571. The number of hydrogen-bond donors (Lipinski definition) is 1. The Kier molecular flexibility index (Phi) is 5.99. The second-order valence-corrected chi connectivity index (χ2v) is 6.42. The van der Waals surface area contributed by atoms with Gasteiger partial charge in [0.1, 0.15) is 11.5 Å². The van der Waals surface area contributed by atoms with Crippen molar-refractivity contribution in [3.63, 3.8) is 0 Å². The van der Waals surface area contributed by atoms with E-state index in [2.05, 4.69) is 10.2 Å². The van der Waals surface area contributed by atoms with Gasteiger partial charge in [0.05, 0.1) is 26.0 Å². The first-order chi connectivity index (χ1) is 12.2. The SMILES string of the molecule is COc1ccc(OC)c(NC(=O)N2CCN(CC3CCCO3)CC2)c1. The van der Waals surface area contributed by atoms with Crippen LogP contribution in [-0.2, 0) is 4.74 Å². The van der Waals surface area contributed by atoms with Crippen LogP contribution in [0.25, 0.3) is 0 Å². The number of carbonyl (C=O) groups excluding carboxylic acids is 1. The monoisotopic (exact) mass is 349 g/mol. The third-order valence-electron chi connectivity index (χ3n) is 4.79. The van der Waals surface area contributed by atoms with Crippen molar-refractivity contribution >= 4 is 11.7 Å².